The highest BCUT2D eigenvalue weighted by atomic mass is 127. The number of hydrogen-bond donors (Lipinski definition) is 2. The van der Waals surface area contributed by atoms with Crippen LogP contribution in [0.1, 0.15) is 29.4 Å². The van der Waals surface area contributed by atoms with Crippen LogP contribution in [0.25, 0.3) is 11.0 Å². The molecule has 0 aliphatic carbocycles. The van der Waals surface area contributed by atoms with Gasteiger partial charge in [0, 0.05) is 30.5 Å². The van der Waals surface area contributed by atoms with Gasteiger partial charge in [0.05, 0.1) is 13.1 Å². The molecule has 0 radical (unpaired) electrons. The molecule has 3 aromatic rings. The standard InChI is InChI=1S/C19H24N6O.HI/c1-12-15-6-4-5-7-16(15)26-17(12)10-21-19(20-3)23-14-8-9-18-22-13(2)24-25(18)11-14;/h4-7,14H,8-11H2,1-3H3,(H2,20,21,23);1H. The molecule has 1 aromatic carbocycles. The summed E-state index contributed by atoms with van der Waals surface area (Å²) in [5, 5.41) is 12.5. The highest BCUT2D eigenvalue weighted by molar-refractivity contribution is 14.0. The van der Waals surface area contributed by atoms with Gasteiger partial charge in [-0.2, -0.15) is 5.10 Å². The lowest BCUT2D eigenvalue weighted by Gasteiger charge is -2.25. The van der Waals surface area contributed by atoms with E-state index in [4.69, 9.17) is 4.42 Å². The number of guanidine groups is 1. The molecule has 3 heterocycles. The number of hydrogen-bond acceptors (Lipinski definition) is 4. The fourth-order valence-corrected chi connectivity index (χ4v) is 3.50. The summed E-state index contributed by atoms with van der Waals surface area (Å²) in [7, 11) is 1.79. The van der Waals surface area contributed by atoms with Gasteiger partial charge in [-0.15, -0.1) is 24.0 Å². The topological polar surface area (TPSA) is 80.3 Å². The van der Waals surface area contributed by atoms with Gasteiger partial charge >= 0.3 is 0 Å². The van der Waals surface area contributed by atoms with Crippen molar-refractivity contribution in [2.45, 2.75) is 45.8 Å². The lowest BCUT2D eigenvalue weighted by Crippen LogP contribution is -2.46. The first-order chi connectivity index (χ1) is 12.6. The largest absolute Gasteiger partial charge is 0.459 e. The zero-order chi connectivity index (χ0) is 18.1. The fourth-order valence-electron chi connectivity index (χ4n) is 3.50. The number of para-hydroxylation sites is 1. The van der Waals surface area contributed by atoms with Gasteiger partial charge < -0.3 is 15.1 Å². The molecule has 4 rings (SSSR count). The molecule has 2 N–H and O–H groups in total. The number of aliphatic imine (C=N–C) groups is 1. The van der Waals surface area contributed by atoms with Crippen LogP contribution in [0.5, 0.6) is 0 Å². The number of nitrogens with one attached hydrogen (secondary N) is 2. The Bertz CT molecular complexity index is 960. The summed E-state index contributed by atoms with van der Waals surface area (Å²) in [4.78, 5) is 8.81. The van der Waals surface area contributed by atoms with Gasteiger partial charge in [-0.25, -0.2) is 9.67 Å². The number of fused-ring (bicyclic) bond motifs is 2. The van der Waals surface area contributed by atoms with E-state index >= 15 is 0 Å². The summed E-state index contributed by atoms with van der Waals surface area (Å²) < 4.78 is 7.96. The van der Waals surface area contributed by atoms with Crippen LogP contribution in [0.2, 0.25) is 0 Å². The van der Waals surface area contributed by atoms with Gasteiger partial charge in [0.25, 0.3) is 0 Å². The van der Waals surface area contributed by atoms with Crippen molar-refractivity contribution in [1.29, 1.82) is 0 Å². The predicted octanol–water partition coefficient (Wildman–Crippen LogP) is 2.94. The maximum Gasteiger partial charge on any atom is 0.191 e. The van der Waals surface area contributed by atoms with Gasteiger partial charge in [0.1, 0.15) is 23.0 Å². The molecule has 0 bridgehead atoms. The second-order valence-electron chi connectivity index (χ2n) is 6.71. The third kappa shape index (κ3) is 4.10. The minimum absolute atomic E-state index is 0. The average Bonchev–Trinajstić information content (AvgIpc) is 3.17. The number of aromatic nitrogens is 3. The minimum atomic E-state index is 0. The van der Waals surface area contributed by atoms with Crippen LogP contribution < -0.4 is 10.6 Å². The number of aryl methyl sites for hydroxylation is 3. The van der Waals surface area contributed by atoms with Crippen LogP contribution in [0.15, 0.2) is 33.7 Å². The Kier molecular flexibility index (Phi) is 6.03. The number of rotatable bonds is 3. The first-order valence-electron chi connectivity index (χ1n) is 8.98. The number of nitrogens with zero attached hydrogens (tertiary/aromatic N) is 4. The number of furan rings is 1. The smallest absolute Gasteiger partial charge is 0.191 e. The van der Waals surface area contributed by atoms with Gasteiger partial charge in [-0.3, -0.25) is 4.99 Å². The van der Waals surface area contributed by atoms with Gasteiger partial charge in [0.2, 0.25) is 0 Å². The number of halogens is 1. The molecule has 1 aliphatic rings. The van der Waals surface area contributed by atoms with Gasteiger partial charge in [0.15, 0.2) is 5.96 Å². The maximum absolute atomic E-state index is 5.97. The van der Waals surface area contributed by atoms with Crippen LogP contribution in [-0.4, -0.2) is 33.8 Å². The Balaban J connectivity index is 0.00000210. The zero-order valence-corrected chi connectivity index (χ0v) is 18.2. The molecule has 7 nitrogen and oxygen atoms in total. The first kappa shape index (κ1) is 19.7. The highest BCUT2D eigenvalue weighted by Gasteiger charge is 2.21. The molecular weight excluding hydrogens is 455 g/mol. The zero-order valence-electron chi connectivity index (χ0n) is 15.8. The molecule has 0 saturated heterocycles. The monoisotopic (exact) mass is 480 g/mol. The van der Waals surface area contributed by atoms with Crippen molar-refractivity contribution < 1.29 is 4.42 Å². The molecule has 0 saturated carbocycles. The summed E-state index contributed by atoms with van der Waals surface area (Å²) in [5.41, 5.74) is 2.09. The van der Waals surface area contributed by atoms with Crippen molar-refractivity contribution in [3.05, 3.63) is 47.2 Å². The minimum Gasteiger partial charge on any atom is -0.459 e. The van der Waals surface area contributed by atoms with Crippen LogP contribution in [0.3, 0.4) is 0 Å². The SMILES string of the molecule is CN=C(NCc1oc2ccccc2c1C)NC1CCc2nc(C)nn2C1.I. The molecule has 27 heavy (non-hydrogen) atoms. The van der Waals surface area contributed by atoms with Crippen LogP contribution in [0, 0.1) is 13.8 Å². The number of benzene rings is 1. The van der Waals surface area contributed by atoms with Crippen LogP contribution in [0.4, 0.5) is 0 Å². The Morgan fingerprint density at radius 2 is 2.15 bits per heavy atom. The van der Waals surface area contributed by atoms with Crippen molar-refractivity contribution >= 4 is 40.9 Å². The van der Waals surface area contributed by atoms with E-state index in [-0.39, 0.29) is 30.0 Å². The molecule has 0 amide bonds. The van der Waals surface area contributed by atoms with Crippen molar-refractivity contribution in [2.24, 2.45) is 4.99 Å². The van der Waals surface area contributed by atoms with Crippen molar-refractivity contribution in [1.82, 2.24) is 25.4 Å². The van der Waals surface area contributed by atoms with E-state index < -0.39 is 0 Å². The molecule has 2 aromatic heterocycles. The quantitative estimate of drug-likeness (QED) is 0.343. The highest BCUT2D eigenvalue weighted by Crippen LogP contribution is 2.24. The first-order valence-corrected chi connectivity index (χ1v) is 8.98. The lowest BCUT2D eigenvalue weighted by atomic mass is 10.1. The van der Waals surface area contributed by atoms with Crippen molar-refractivity contribution in [3.63, 3.8) is 0 Å². The van der Waals surface area contributed by atoms with Gasteiger partial charge in [-0.1, -0.05) is 18.2 Å². The summed E-state index contributed by atoms with van der Waals surface area (Å²) in [6, 6.07) is 8.40. The maximum atomic E-state index is 5.97. The Labute approximate surface area is 175 Å². The summed E-state index contributed by atoms with van der Waals surface area (Å²) in [6.07, 6.45) is 1.95. The molecule has 144 valence electrons. The molecule has 8 heteroatoms. The Morgan fingerprint density at radius 1 is 1.33 bits per heavy atom. The Morgan fingerprint density at radius 3 is 2.93 bits per heavy atom. The molecular formula is C19H25IN6O. The van der Waals surface area contributed by atoms with Gasteiger partial charge in [-0.05, 0) is 26.3 Å². The summed E-state index contributed by atoms with van der Waals surface area (Å²) in [6.45, 7) is 5.43. The van der Waals surface area contributed by atoms with Crippen molar-refractivity contribution in [3.8, 4) is 0 Å². The van der Waals surface area contributed by atoms with Crippen LogP contribution >= 0.6 is 24.0 Å². The van der Waals surface area contributed by atoms with E-state index in [9.17, 15) is 0 Å². The van der Waals surface area contributed by atoms with E-state index in [2.05, 4.69) is 38.7 Å². The molecule has 1 aliphatic heterocycles. The third-order valence-corrected chi connectivity index (χ3v) is 4.89. The second-order valence-corrected chi connectivity index (χ2v) is 6.71. The second kappa shape index (κ2) is 8.28. The molecule has 1 unspecified atom stereocenters. The average molecular weight is 480 g/mol. The van der Waals surface area contributed by atoms with E-state index in [0.29, 0.717) is 6.54 Å². The normalized spacial score (nSPS) is 16.7. The molecule has 0 fully saturated rings. The lowest BCUT2D eigenvalue weighted by molar-refractivity contribution is 0.391. The summed E-state index contributed by atoms with van der Waals surface area (Å²) >= 11 is 0. The molecule has 0 spiro atoms. The predicted molar refractivity (Wildman–Crippen MR) is 117 cm³/mol. The Hall–Kier alpha value is -2.10. The fraction of sp³-hybridized carbons (Fsp3) is 0.421. The van der Waals surface area contributed by atoms with E-state index in [1.807, 2.05) is 29.8 Å². The molecule has 1 atom stereocenters. The van der Waals surface area contributed by atoms with E-state index in [1.54, 1.807) is 7.05 Å². The van der Waals surface area contributed by atoms with Crippen LogP contribution in [-0.2, 0) is 19.5 Å². The van der Waals surface area contributed by atoms with Crippen molar-refractivity contribution in [2.75, 3.05) is 7.05 Å². The summed E-state index contributed by atoms with van der Waals surface area (Å²) in [5.74, 6) is 3.62. The van der Waals surface area contributed by atoms with E-state index in [0.717, 1.165) is 53.7 Å². The van der Waals surface area contributed by atoms with E-state index in [1.165, 1.54) is 5.56 Å². The third-order valence-electron chi connectivity index (χ3n) is 4.89.